The van der Waals surface area contributed by atoms with E-state index in [9.17, 15) is 4.79 Å². The summed E-state index contributed by atoms with van der Waals surface area (Å²) in [6.45, 7) is 15.0. The number of hydrogen-bond acceptors (Lipinski definition) is 3. The SMILES string of the molecule is CC1=CC(C)(C)N(C)c2cc3c(cc21)C(c1ccccc1C(=O)N1CCCCCC1)=c1cc2c(cc1O3)=[N+](C)C(C)(C)C=C2C. The highest BCUT2D eigenvalue weighted by molar-refractivity contribution is 6.02. The summed E-state index contributed by atoms with van der Waals surface area (Å²) in [6, 6.07) is 17.2. The Morgan fingerprint density at radius 1 is 0.800 bits per heavy atom. The van der Waals surface area contributed by atoms with Crippen LogP contribution in [0.5, 0.6) is 11.5 Å². The van der Waals surface area contributed by atoms with E-state index in [-0.39, 0.29) is 17.0 Å². The summed E-state index contributed by atoms with van der Waals surface area (Å²) < 4.78 is 9.23. The Hall–Kier alpha value is -4.12. The predicted molar refractivity (Wildman–Crippen MR) is 186 cm³/mol. The highest BCUT2D eigenvalue weighted by Crippen LogP contribution is 2.46. The van der Waals surface area contributed by atoms with Crippen LogP contribution in [0, 0.1) is 0 Å². The highest BCUT2D eigenvalue weighted by atomic mass is 16.5. The van der Waals surface area contributed by atoms with Gasteiger partial charge >= 0.3 is 0 Å². The molecule has 0 radical (unpaired) electrons. The van der Waals surface area contributed by atoms with E-state index in [1.165, 1.54) is 35.1 Å². The first-order valence-electron chi connectivity index (χ1n) is 16.5. The molecule has 232 valence electrons. The van der Waals surface area contributed by atoms with Crippen LogP contribution in [0.1, 0.15) is 99.8 Å². The fourth-order valence-electron chi connectivity index (χ4n) is 7.80. The molecule has 0 atom stereocenters. The standard InChI is InChI=1S/C40H46N3O2/c1-25-23-39(3,4)41(7)33-21-35-31(19-29(25)33)37(27-15-11-12-16-28(27)38(44)43-17-13-9-10-14-18-43)32-20-30-26(2)24-40(5,6)42(8)34(30)22-36(32)45-35/h11-12,15-16,19-24H,9-10,13-14,17-18H2,1-8H3/q+1. The molecule has 0 unspecified atom stereocenters. The second-order valence-electron chi connectivity index (χ2n) is 14.5. The first kappa shape index (κ1) is 29.6. The number of ether oxygens (including phenoxy) is 1. The third-order valence-corrected chi connectivity index (χ3v) is 10.7. The molecule has 0 N–H and O–H groups in total. The normalized spacial score (nSPS) is 19.7. The number of carbonyl (C=O) groups excluding carboxylic acids is 1. The zero-order valence-corrected chi connectivity index (χ0v) is 28.2. The summed E-state index contributed by atoms with van der Waals surface area (Å²) in [5.41, 5.74) is 9.66. The van der Waals surface area contributed by atoms with E-state index in [1.807, 2.05) is 12.1 Å². The van der Waals surface area contributed by atoms with Gasteiger partial charge in [-0.25, -0.2) is 4.58 Å². The number of fused-ring (bicyclic) bond motifs is 4. The Balaban J connectivity index is 1.55. The smallest absolute Gasteiger partial charge is 0.254 e. The minimum absolute atomic E-state index is 0.117. The molecule has 45 heavy (non-hydrogen) atoms. The van der Waals surface area contributed by atoms with Crippen LogP contribution in [0.2, 0.25) is 0 Å². The van der Waals surface area contributed by atoms with Crippen LogP contribution in [0.25, 0.3) is 16.7 Å². The van der Waals surface area contributed by atoms with Gasteiger partial charge in [0.2, 0.25) is 5.36 Å². The van der Waals surface area contributed by atoms with Crippen LogP contribution < -0.4 is 24.8 Å². The second-order valence-corrected chi connectivity index (χ2v) is 14.5. The average molecular weight is 601 g/mol. The van der Waals surface area contributed by atoms with Crippen molar-refractivity contribution in [3.8, 4) is 11.5 Å². The van der Waals surface area contributed by atoms with Gasteiger partial charge in [0.05, 0.1) is 11.6 Å². The zero-order valence-electron chi connectivity index (χ0n) is 28.2. The molecular formula is C40H46N3O2+. The first-order chi connectivity index (χ1) is 21.4. The van der Waals surface area contributed by atoms with Crippen molar-refractivity contribution in [2.24, 2.45) is 0 Å². The van der Waals surface area contributed by atoms with Crippen molar-refractivity contribution < 1.29 is 9.53 Å². The number of amides is 1. The lowest BCUT2D eigenvalue weighted by Gasteiger charge is -2.41. The molecule has 0 aliphatic carbocycles. The number of nitrogens with zero attached hydrogens (tertiary/aromatic N) is 3. The lowest BCUT2D eigenvalue weighted by molar-refractivity contribution is 0.0761. The predicted octanol–water partition coefficient (Wildman–Crippen LogP) is 7.00. The van der Waals surface area contributed by atoms with Gasteiger partial charge in [-0.05, 0) is 81.5 Å². The van der Waals surface area contributed by atoms with Crippen LogP contribution in [-0.4, -0.2) is 49.1 Å². The van der Waals surface area contributed by atoms with Crippen molar-refractivity contribution in [2.45, 2.75) is 78.3 Å². The molecule has 4 heterocycles. The van der Waals surface area contributed by atoms with Crippen LogP contribution in [0.15, 0.2) is 60.7 Å². The zero-order chi connectivity index (χ0) is 31.8. The summed E-state index contributed by atoms with van der Waals surface area (Å²) >= 11 is 0. The highest BCUT2D eigenvalue weighted by Gasteiger charge is 2.35. The molecule has 0 aromatic heterocycles. The minimum Gasteiger partial charge on any atom is -0.456 e. The molecule has 4 aliphatic rings. The van der Waals surface area contributed by atoms with Gasteiger partial charge < -0.3 is 14.5 Å². The molecule has 0 spiro atoms. The van der Waals surface area contributed by atoms with Gasteiger partial charge in [-0.15, -0.1) is 0 Å². The number of likely N-dealkylation sites (N-methyl/N-ethyl adjacent to an activating group) is 2. The van der Waals surface area contributed by atoms with Crippen molar-refractivity contribution in [3.05, 3.63) is 99.1 Å². The lowest BCUT2D eigenvalue weighted by Crippen LogP contribution is -2.47. The molecule has 0 bridgehead atoms. The van der Waals surface area contributed by atoms with Gasteiger partial charge in [-0.2, -0.15) is 0 Å². The van der Waals surface area contributed by atoms with Crippen molar-refractivity contribution in [1.29, 1.82) is 0 Å². The van der Waals surface area contributed by atoms with Crippen molar-refractivity contribution >= 4 is 28.3 Å². The first-order valence-corrected chi connectivity index (χ1v) is 16.5. The van der Waals surface area contributed by atoms with E-state index in [1.54, 1.807) is 0 Å². The quantitative estimate of drug-likeness (QED) is 0.233. The molecule has 0 saturated carbocycles. The van der Waals surface area contributed by atoms with E-state index >= 15 is 0 Å². The van der Waals surface area contributed by atoms with E-state index in [0.717, 1.165) is 76.0 Å². The lowest BCUT2D eigenvalue weighted by atomic mass is 9.83. The van der Waals surface area contributed by atoms with E-state index in [4.69, 9.17) is 4.74 Å². The molecule has 7 rings (SSSR count). The Morgan fingerprint density at radius 2 is 1.49 bits per heavy atom. The molecule has 4 aliphatic heterocycles. The Bertz CT molecular complexity index is 1950. The summed E-state index contributed by atoms with van der Waals surface area (Å²) in [7, 11) is 4.32. The molecule has 1 saturated heterocycles. The Kier molecular flexibility index (Phi) is 6.88. The van der Waals surface area contributed by atoms with Crippen LogP contribution in [-0.2, 0) is 0 Å². The Morgan fingerprint density at radius 3 is 2.22 bits per heavy atom. The number of anilines is 1. The van der Waals surface area contributed by atoms with Crippen LogP contribution in [0.3, 0.4) is 0 Å². The van der Waals surface area contributed by atoms with Gasteiger partial charge in [-0.3, -0.25) is 4.79 Å². The largest absolute Gasteiger partial charge is 0.456 e. The maximum Gasteiger partial charge on any atom is 0.254 e. The van der Waals surface area contributed by atoms with Gasteiger partial charge in [0.25, 0.3) is 5.91 Å². The van der Waals surface area contributed by atoms with Gasteiger partial charge in [0.1, 0.15) is 18.5 Å². The number of likely N-dealkylation sites (tertiary alicyclic amines) is 1. The van der Waals surface area contributed by atoms with Crippen molar-refractivity contribution in [2.75, 3.05) is 32.1 Å². The van der Waals surface area contributed by atoms with E-state index < -0.39 is 0 Å². The number of benzene rings is 3. The summed E-state index contributed by atoms with van der Waals surface area (Å²) in [6.07, 6.45) is 9.19. The monoisotopic (exact) mass is 600 g/mol. The number of carbonyl (C=O) groups is 1. The molecule has 5 nitrogen and oxygen atoms in total. The van der Waals surface area contributed by atoms with Gasteiger partial charge in [0.15, 0.2) is 5.54 Å². The molecule has 1 amide bonds. The van der Waals surface area contributed by atoms with Crippen LogP contribution in [0.4, 0.5) is 5.69 Å². The fourth-order valence-corrected chi connectivity index (χ4v) is 7.80. The molecule has 3 aromatic carbocycles. The third kappa shape index (κ3) is 4.74. The van der Waals surface area contributed by atoms with Crippen molar-refractivity contribution in [3.63, 3.8) is 0 Å². The number of allylic oxidation sites excluding steroid dienone is 2. The summed E-state index contributed by atoms with van der Waals surface area (Å²) in [5.74, 6) is 1.78. The average Bonchev–Trinajstić information content (AvgIpc) is 3.29. The molecule has 1 fully saturated rings. The van der Waals surface area contributed by atoms with Crippen LogP contribution >= 0.6 is 0 Å². The van der Waals surface area contributed by atoms with E-state index in [0.29, 0.717) is 0 Å². The summed E-state index contributed by atoms with van der Waals surface area (Å²) in [5, 5.41) is 2.19. The van der Waals surface area contributed by atoms with Gasteiger partial charge in [-0.1, -0.05) is 37.1 Å². The molecule has 3 aromatic rings. The second kappa shape index (κ2) is 10.5. The minimum atomic E-state index is -0.117. The maximum atomic E-state index is 14.3. The number of rotatable bonds is 2. The number of hydrogen-bond donors (Lipinski definition) is 0. The van der Waals surface area contributed by atoms with Crippen molar-refractivity contribution in [1.82, 2.24) is 9.48 Å². The maximum absolute atomic E-state index is 14.3. The Labute approximate surface area is 267 Å². The fraction of sp³-hybridized carbons (Fsp3) is 0.400. The molecular weight excluding hydrogens is 554 g/mol. The van der Waals surface area contributed by atoms with E-state index in [2.05, 4.69) is 119 Å². The van der Waals surface area contributed by atoms with Gasteiger partial charge in [0, 0.05) is 78.8 Å². The topological polar surface area (TPSA) is 35.8 Å². The molecule has 5 heteroatoms. The third-order valence-electron chi connectivity index (χ3n) is 10.7. The summed E-state index contributed by atoms with van der Waals surface area (Å²) in [4.78, 5) is 18.7.